The first kappa shape index (κ1) is 12.7. The molecule has 0 saturated carbocycles. The molecule has 1 aromatic carbocycles. The van der Waals surface area contributed by atoms with E-state index in [1.54, 1.807) is 30.5 Å². The van der Waals surface area contributed by atoms with Crippen molar-refractivity contribution in [3.63, 3.8) is 0 Å². The van der Waals surface area contributed by atoms with Gasteiger partial charge in [0.05, 0.1) is 12.3 Å². The van der Waals surface area contributed by atoms with Crippen molar-refractivity contribution in [1.82, 2.24) is 4.98 Å². The number of ether oxygens (including phenoxy) is 1. The lowest BCUT2D eigenvalue weighted by Gasteiger charge is -2.17. The van der Waals surface area contributed by atoms with Crippen molar-refractivity contribution in [3.05, 3.63) is 64.1 Å². The molecule has 3 rings (SSSR count). The molecule has 98 valence electrons. The van der Waals surface area contributed by atoms with Crippen LogP contribution in [0.3, 0.4) is 0 Å². The first-order chi connectivity index (χ1) is 9.12. The van der Waals surface area contributed by atoms with Crippen molar-refractivity contribution in [2.75, 3.05) is 6.61 Å². The summed E-state index contributed by atoms with van der Waals surface area (Å²) in [4.78, 5) is 4.05. The Kier molecular flexibility index (Phi) is 3.11. The van der Waals surface area contributed by atoms with Gasteiger partial charge in [0.25, 0.3) is 0 Å². The molecule has 1 saturated heterocycles. The van der Waals surface area contributed by atoms with Gasteiger partial charge in [-0.3, -0.25) is 4.98 Å². The third-order valence-electron chi connectivity index (χ3n) is 3.21. The largest absolute Gasteiger partial charge is 0.361 e. The maximum Gasteiger partial charge on any atom is 0.177 e. The van der Waals surface area contributed by atoms with Crippen molar-refractivity contribution >= 4 is 15.9 Å². The maximum atomic E-state index is 14.6. The van der Waals surface area contributed by atoms with E-state index >= 15 is 0 Å². The van der Waals surface area contributed by atoms with Crippen molar-refractivity contribution in [2.45, 2.75) is 11.8 Å². The highest BCUT2D eigenvalue weighted by atomic mass is 79.9. The summed E-state index contributed by atoms with van der Waals surface area (Å²) < 4.78 is 33.6. The van der Waals surface area contributed by atoms with Gasteiger partial charge in [0, 0.05) is 10.7 Å². The van der Waals surface area contributed by atoms with E-state index in [0.29, 0.717) is 11.3 Å². The number of aromatic nitrogens is 1. The van der Waals surface area contributed by atoms with Crippen LogP contribution in [0.1, 0.15) is 17.4 Å². The molecule has 2 aromatic rings. The van der Waals surface area contributed by atoms with Crippen LogP contribution in [0.2, 0.25) is 0 Å². The van der Waals surface area contributed by atoms with Gasteiger partial charge in [0.1, 0.15) is 5.82 Å². The SMILES string of the molecule is Fc1ccc(C2(C(F)c3ccc(Br)cn3)CO2)cc1. The van der Waals surface area contributed by atoms with Crippen LogP contribution in [0.5, 0.6) is 0 Å². The quantitative estimate of drug-likeness (QED) is 0.799. The minimum Gasteiger partial charge on any atom is -0.361 e. The van der Waals surface area contributed by atoms with Crippen LogP contribution >= 0.6 is 15.9 Å². The third kappa shape index (κ3) is 2.28. The molecule has 1 aliphatic heterocycles. The van der Waals surface area contributed by atoms with Gasteiger partial charge in [-0.15, -0.1) is 0 Å². The third-order valence-corrected chi connectivity index (χ3v) is 3.68. The number of nitrogens with zero attached hydrogens (tertiary/aromatic N) is 1. The van der Waals surface area contributed by atoms with Crippen molar-refractivity contribution in [1.29, 1.82) is 0 Å². The second kappa shape index (κ2) is 4.65. The second-order valence-electron chi connectivity index (χ2n) is 4.45. The number of hydrogen-bond donors (Lipinski definition) is 0. The number of epoxide rings is 1. The van der Waals surface area contributed by atoms with E-state index in [-0.39, 0.29) is 12.4 Å². The lowest BCUT2D eigenvalue weighted by atomic mass is 9.93. The van der Waals surface area contributed by atoms with Gasteiger partial charge < -0.3 is 4.74 Å². The van der Waals surface area contributed by atoms with Gasteiger partial charge >= 0.3 is 0 Å². The standard InChI is InChI=1S/C14H10BrF2NO/c15-10-3-6-12(18-7-10)13(17)14(8-19-14)9-1-4-11(16)5-2-9/h1-7,13H,8H2. The number of benzene rings is 1. The fraction of sp³-hybridized carbons (Fsp3) is 0.214. The first-order valence-corrected chi connectivity index (χ1v) is 6.57. The molecule has 1 aromatic heterocycles. The highest BCUT2D eigenvalue weighted by Crippen LogP contribution is 2.50. The molecule has 0 amide bonds. The number of pyridine rings is 1. The molecule has 19 heavy (non-hydrogen) atoms. The molecule has 0 N–H and O–H groups in total. The lowest BCUT2D eigenvalue weighted by Crippen LogP contribution is -2.17. The zero-order valence-corrected chi connectivity index (χ0v) is 11.4. The van der Waals surface area contributed by atoms with Gasteiger partial charge in [-0.1, -0.05) is 12.1 Å². The van der Waals surface area contributed by atoms with E-state index in [2.05, 4.69) is 20.9 Å². The van der Waals surface area contributed by atoms with E-state index in [4.69, 9.17) is 4.74 Å². The van der Waals surface area contributed by atoms with Crippen LogP contribution in [-0.4, -0.2) is 11.6 Å². The topological polar surface area (TPSA) is 25.4 Å². The van der Waals surface area contributed by atoms with Crippen molar-refractivity contribution in [3.8, 4) is 0 Å². The van der Waals surface area contributed by atoms with E-state index in [1.165, 1.54) is 12.1 Å². The molecule has 2 unspecified atom stereocenters. The smallest absolute Gasteiger partial charge is 0.177 e. The Morgan fingerprint density at radius 1 is 1.21 bits per heavy atom. The Labute approximate surface area is 117 Å². The number of alkyl halides is 1. The predicted octanol–water partition coefficient (Wildman–Crippen LogP) is 3.92. The van der Waals surface area contributed by atoms with Crippen LogP contribution in [-0.2, 0) is 10.3 Å². The average Bonchev–Trinajstić information content (AvgIpc) is 3.21. The molecule has 0 spiro atoms. The summed E-state index contributed by atoms with van der Waals surface area (Å²) in [7, 11) is 0. The van der Waals surface area contributed by atoms with E-state index in [1.807, 2.05) is 0 Å². The molecule has 0 aliphatic carbocycles. The fourth-order valence-electron chi connectivity index (χ4n) is 2.05. The molecule has 0 radical (unpaired) electrons. The highest BCUT2D eigenvalue weighted by molar-refractivity contribution is 9.10. The Morgan fingerprint density at radius 2 is 1.89 bits per heavy atom. The summed E-state index contributed by atoms with van der Waals surface area (Å²) in [5, 5.41) is 0. The first-order valence-electron chi connectivity index (χ1n) is 5.77. The summed E-state index contributed by atoms with van der Waals surface area (Å²) >= 11 is 3.26. The number of halogens is 3. The maximum absolute atomic E-state index is 14.6. The van der Waals surface area contributed by atoms with Gasteiger partial charge in [0.15, 0.2) is 11.8 Å². The zero-order chi connectivity index (χ0) is 13.5. The molecule has 1 aliphatic rings. The highest BCUT2D eigenvalue weighted by Gasteiger charge is 2.55. The molecule has 5 heteroatoms. The normalized spacial score (nSPS) is 23.1. The second-order valence-corrected chi connectivity index (χ2v) is 5.36. The van der Waals surface area contributed by atoms with Gasteiger partial charge in [-0.25, -0.2) is 8.78 Å². The summed E-state index contributed by atoms with van der Waals surface area (Å²) in [5.41, 5.74) is -0.0784. The minimum absolute atomic E-state index is 0.275. The van der Waals surface area contributed by atoms with Crippen LogP contribution in [0.15, 0.2) is 47.1 Å². The Morgan fingerprint density at radius 3 is 2.42 bits per heavy atom. The molecular weight excluding hydrogens is 316 g/mol. The van der Waals surface area contributed by atoms with Crippen molar-refractivity contribution in [2.24, 2.45) is 0 Å². The van der Waals surface area contributed by atoms with Gasteiger partial charge in [-0.05, 0) is 45.8 Å². The van der Waals surface area contributed by atoms with Gasteiger partial charge in [0.2, 0.25) is 0 Å². The summed E-state index contributed by atoms with van der Waals surface area (Å²) in [6.07, 6.45) is 0.175. The molecule has 1 fully saturated rings. The minimum atomic E-state index is -1.37. The van der Waals surface area contributed by atoms with Crippen LogP contribution in [0.4, 0.5) is 8.78 Å². The van der Waals surface area contributed by atoms with Gasteiger partial charge in [-0.2, -0.15) is 0 Å². The van der Waals surface area contributed by atoms with Crippen LogP contribution in [0.25, 0.3) is 0 Å². The average molecular weight is 326 g/mol. The Bertz CT molecular complexity index is 581. The molecule has 2 atom stereocenters. The predicted molar refractivity (Wildman–Crippen MR) is 69.8 cm³/mol. The van der Waals surface area contributed by atoms with Crippen LogP contribution < -0.4 is 0 Å². The molecule has 0 bridgehead atoms. The van der Waals surface area contributed by atoms with Crippen LogP contribution in [0, 0.1) is 5.82 Å². The van der Waals surface area contributed by atoms with E-state index in [9.17, 15) is 8.78 Å². The summed E-state index contributed by atoms with van der Waals surface area (Å²) in [6, 6.07) is 9.06. The summed E-state index contributed by atoms with van der Waals surface area (Å²) in [6.45, 7) is 0.275. The molecule has 2 heterocycles. The molecule has 2 nitrogen and oxygen atoms in total. The number of rotatable bonds is 3. The van der Waals surface area contributed by atoms with E-state index in [0.717, 1.165) is 4.47 Å². The molecular formula is C14H10BrF2NO. The Balaban J connectivity index is 1.92. The lowest BCUT2D eigenvalue weighted by molar-refractivity contribution is 0.158. The zero-order valence-electron chi connectivity index (χ0n) is 9.82. The Hall–Kier alpha value is -1.33. The fourth-order valence-corrected chi connectivity index (χ4v) is 2.28. The van der Waals surface area contributed by atoms with E-state index < -0.39 is 11.8 Å². The number of hydrogen-bond acceptors (Lipinski definition) is 2. The monoisotopic (exact) mass is 325 g/mol. The van der Waals surface area contributed by atoms with Crippen molar-refractivity contribution < 1.29 is 13.5 Å². The summed E-state index contributed by atoms with van der Waals surface area (Å²) in [5.74, 6) is -0.350.